The van der Waals surface area contributed by atoms with E-state index < -0.39 is 0 Å². The predicted molar refractivity (Wildman–Crippen MR) is 88.9 cm³/mol. The number of nitrogens with zero attached hydrogens (tertiary/aromatic N) is 1. The number of hydrogen-bond donors (Lipinski definition) is 2. The normalized spacial score (nSPS) is 13.3. The van der Waals surface area contributed by atoms with Crippen molar-refractivity contribution in [3.63, 3.8) is 0 Å². The highest BCUT2D eigenvalue weighted by atomic mass is 17.2. The number of nitrogens with one attached hydrogen (secondary N) is 2. The second-order valence-corrected chi connectivity index (χ2v) is 5.68. The van der Waals surface area contributed by atoms with Gasteiger partial charge in [0.05, 0.1) is 17.6 Å². The second-order valence-electron chi connectivity index (χ2n) is 5.68. The standard InChI is InChI=1S/C18H17N3O3/c22-18(13-5-6-16-12(11-13)8-10-23-24-16)19-9-7-17-20-14-3-1-2-4-15(14)21-17/h1-6,11H,7-10H2,(H,19,22)(H,20,21). The maximum absolute atomic E-state index is 12.3. The van der Waals surface area contributed by atoms with Crippen molar-refractivity contribution in [3.8, 4) is 5.75 Å². The topological polar surface area (TPSA) is 76.2 Å². The number of para-hydroxylation sites is 2. The first-order chi connectivity index (χ1) is 11.8. The van der Waals surface area contributed by atoms with Gasteiger partial charge in [-0.1, -0.05) is 12.1 Å². The van der Waals surface area contributed by atoms with Crippen LogP contribution in [0, 0.1) is 0 Å². The van der Waals surface area contributed by atoms with E-state index in [2.05, 4.69) is 15.3 Å². The lowest BCUT2D eigenvalue weighted by molar-refractivity contribution is -0.215. The molecule has 0 saturated carbocycles. The number of carbonyl (C=O) groups excluding carboxylic acids is 1. The van der Waals surface area contributed by atoms with Crippen molar-refractivity contribution in [1.29, 1.82) is 0 Å². The van der Waals surface area contributed by atoms with Crippen molar-refractivity contribution in [1.82, 2.24) is 15.3 Å². The first kappa shape index (κ1) is 14.7. The summed E-state index contributed by atoms with van der Waals surface area (Å²) in [4.78, 5) is 30.0. The van der Waals surface area contributed by atoms with Gasteiger partial charge in [0.2, 0.25) is 0 Å². The summed E-state index contributed by atoms with van der Waals surface area (Å²) >= 11 is 0. The van der Waals surface area contributed by atoms with Crippen LogP contribution in [-0.2, 0) is 17.7 Å². The minimum absolute atomic E-state index is 0.0968. The molecule has 0 aliphatic carbocycles. The van der Waals surface area contributed by atoms with Crippen LogP contribution < -0.4 is 10.2 Å². The summed E-state index contributed by atoms with van der Waals surface area (Å²) in [6, 6.07) is 13.2. The van der Waals surface area contributed by atoms with Gasteiger partial charge < -0.3 is 15.2 Å². The van der Waals surface area contributed by atoms with Gasteiger partial charge in [0, 0.05) is 30.5 Å². The number of rotatable bonds is 4. The Morgan fingerprint density at radius 3 is 3.08 bits per heavy atom. The van der Waals surface area contributed by atoms with Crippen LogP contribution in [0.25, 0.3) is 11.0 Å². The van der Waals surface area contributed by atoms with E-state index in [1.807, 2.05) is 30.3 Å². The lowest BCUT2D eigenvalue weighted by Gasteiger charge is -2.16. The number of aromatic nitrogens is 2. The predicted octanol–water partition coefficient (Wildman–Crippen LogP) is 2.40. The molecule has 0 saturated heterocycles. The van der Waals surface area contributed by atoms with Gasteiger partial charge in [-0.15, -0.1) is 0 Å². The van der Waals surface area contributed by atoms with Gasteiger partial charge in [-0.05, 0) is 30.3 Å². The molecule has 0 bridgehead atoms. The van der Waals surface area contributed by atoms with Crippen molar-refractivity contribution < 1.29 is 14.6 Å². The van der Waals surface area contributed by atoms with Gasteiger partial charge in [0.15, 0.2) is 5.75 Å². The van der Waals surface area contributed by atoms with Crippen LogP contribution in [0.1, 0.15) is 21.7 Å². The Balaban J connectivity index is 1.38. The molecule has 2 aromatic carbocycles. The minimum Gasteiger partial charge on any atom is -0.352 e. The lowest BCUT2D eigenvalue weighted by Crippen LogP contribution is -2.26. The monoisotopic (exact) mass is 323 g/mol. The number of amides is 1. The molecule has 0 unspecified atom stereocenters. The Kier molecular flexibility index (Phi) is 3.88. The van der Waals surface area contributed by atoms with E-state index in [1.54, 1.807) is 12.1 Å². The highest BCUT2D eigenvalue weighted by Crippen LogP contribution is 2.24. The molecule has 0 atom stereocenters. The summed E-state index contributed by atoms with van der Waals surface area (Å²) in [5.74, 6) is 1.45. The number of hydrogen-bond acceptors (Lipinski definition) is 4. The largest absolute Gasteiger partial charge is 0.352 e. The van der Waals surface area contributed by atoms with Crippen molar-refractivity contribution in [2.75, 3.05) is 13.2 Å². The zero-order chi connectivity index (χ0) is 16.4. The molecule has 2 N–H and O–H groups in total. The summed E-state index contributed by atoms with van der Waals surface area (Å²) in [5, 5.41) is 2.93. The maximum atomic E-state index is 12.3. The van der Waals surface area contributed by atoms with Gasteiger partial charge in [0.25, 0.3) is 5.91 Å². The van der Waals surface area contributed by atoms with Crippen molar-refractivity contribution in [3.05, 3.63) is 59.4 Å². The average molecular weight is 323 g/mol. The van der Waals surface area contributed by atoms with E-state index >= 15 is 0 Å². The van der Waals surface area contributed by atoms with Crippen molar-refractivity contribution in [2.45, 2.75) is 12.8 Å². The number of carbonyl (C=O) groups is 1. The Labute approximate surface area is 138 Å². The zero-order valence-electron chi connectivity index (χ0n) is 13.0. The fraction of sp³-hybridized carbons (Fsp3) is 0.222. The molecule has 1 aromatic heterocycles. The first-order valence-corrected chi connectivity index (χ1v) is 7.94. The Morgan fingerprint density at radius 2 is 2.17 bits per heavy atom. The highest BCUT2D eigenvalue weighted by molar-refractivity contribution is 5.94. The molecular formula is C18H17N3O3. The molecular weight excluding hydrogens is 306 g/mol. The van der Waals surface area contributed by atoms with Crippen LogP contribution in [-0.4, -0.2) is 29.0 Å². The van der Waals surface area contributed by atoms with Crippen molar-refractivity contribution in [2.24, 2.45) is 0 Å². The van der Waals surface area contributed by atoms with Gasteiger partial charge in [0.1, 0.15) is 5.82 Å². The summed E-state index contributed by atoms with van der Waals surface area (Å²) < 4.78 is 0. The molecule has 1 aliphatic heterocycles. The van der Waals surface area contributed by atoms with Crippen LogP contribution in [0.15, 0.2) is 42.5 Å². The van der Waals surface area contributed by atoms with Gasteiger partial charge in [-0.3, -0.25) is 4.79 Å². The van der Waals surface area contributed by atoms with Gasteiger partial charge in [-0.2, -0.15) is 4.89 Å². The third-order valence-corrected chi connectivity index (χ3v) is 4.01. The minimum atomic E-state index is -0.0968. The van der Waals surface area contributed by atoms with E-state index in [0.29, 0.717) is 30.9 Å². The highest BCUT2D eigenvalue weighted by Gasteiger charge is 2.14. The molecule has 2 heterocycles. The Bertz CT molecular complexity index is 855. The van der Waals surface area contributed by atoms with Crippen LogP contribution in [0.4, 0.5) is 0 Å². The molecule has 1 amide bonds. The third-order valence-electron chi connectivity index (χ3n) is 4.01. The van der Waals surface area contributed by atoms with Gasteiger partial charge in [-0.25, -0.2) is 4.98 Å². The third kappa shape index (κ3) is 2.96. The number of fused-ring (bicyclic) bond motifs is 2. The molecule has 122 valence electrons. The maximum Gasteiger partial charge on any atom is 0.251 e. The number of aromatic amines is 1. The van der Waals surface area contributed by atoms with E-state index in [-0.39, 0.29) is 5.91 Å². The SMILES string of the molecule is O=C(NCCc1nc2ccccc2[nH]1)c1ccc2c(c1)CCOO2. The zero-order valence-corrected chi connectivity index (χ0v) is 13.0. The van der Waals surface area contributed by atoms with E-state index in [0.717, 1.165) is 28.8 Å². The molecule has 6 nitrogen and oxygen atoms in total. The van der Waals surface area contributed by atoms with Crippen LogP contribution in [0.5, 0.6) is 5.75 Å². The summed E-state index contributed by atoms with van der Waals surface area (Å²) in [7, 11) is 0. The van der Waals surface area contributed by atoms with Crippen LogP contribution in [0.3, 0.4) is 0 Å². The number of imidazole rings is 1. The molecule has 6 heteroatoms. The fourth-order valence-corrected chi connectivity index (χ4v) is 2.77. The summed E-state index contributed by atoms with van der Waals surface area (Å²) in [6.45, 7) is 1.03. The van der Waals surface area contributed by atoms with Crippen LogP contribution >= 0.6 is 0 Å². The van der Waals surface area contributed by atoms with Crippen LogP contribution in [0.2, 0.25) is 0 Å². The molecule has 0 radical (unpaired) electrons. The second kappa shape index (κ2) is 6.33. The van der Waals surface area contributed by atoms with E-state index in [9.17, 15) is 4.79 Å². The quantitative estimate of drug-likeness (QED) is 0.723. The van der Waals surface area contributed by atoms with E-state index in [1.165, 1.54) is 0 Å². The summed E-state index contributed by atoms with van der Waals surface area (Å²) in [6.07, 6.45) is 1.40. The van der Waals surface area contributed by atoms with Gasteiger partial charge >= 0.3 is 0 Å². The number of benzene rings is 2. The Hall–Kier alpha value is -2.86. The molecule has 0 fully saturated rings. The fourth-order valence-electron chi connectivity index (χ4n) is 2.77. The molecule has 3 aromatic rings. The average Bonchev–Trinajstić information content (AvgIpc) is 3.04. The Morgan fingerprint density at radius 1 is 1.25 bits per heavy atom. The smallest absolute Gasteiger partial charge is 0.251 e. The molecule has 4 rings (SSSR count). The summed E-state index contributed by atoms with van der Waals surface area (Å²) in [5.41, 5.74) is 3.57. The molecule has 0 spiro atoms. The lowest BCUT2D eigenvalue weighted by atomic mass is 10.1. The van der Waals surface area contributed by atoms with Crippen molar-refractivity contribution >= 4 is 16.9 Å². The molecule has 1 aliphatic rings. The number of H-pyrrole nitrogens is 1. The molecule has 24 heavy (non-hydrogen) atoms. The van der Waals surface area contributed by atoms with E-state index in [4.69, 9.17) is 9.78 Å². The first-order valence-electron chi connectivity index (χ1n) is 7.94.